The van der Waals surface area contributed by atoms with Crippen LogP contribution in [0.2, 0.25) is 0 Å². The Bertz CT molecular complexity index is 777. The lowest BCUT2D eigenvalue weighted by Gasteiger charge is -2.18. The van der Waals surface area contributed by atoms with Gasteiger partial charge in [-0.25, -0.2) is 4.79 Å². The number of esters is 1. The summed E-state index contributed by atoms with van der Waals surface area (Å²) >= 11 is 0. The molecule has 0 bridgehead atoms. The number of carboxylic acid groups (broad SMARTS) is 1. The predicted molar refractivity (Wildman–Crippen MR) is 216 cm³/mol. The summed E-state index contributed by atoms with van der Waals surface area (Å²) < 4.78 is 6.01. The van der Waals surface area contributed by atoms with Gasteiger partial charge in [0.05, 0.1) is 0 Å². The Balaban J connectivity index is 4.00. The van der Waals surface area contributed by atoms with Crippen LogP contribution in [0.5, 0.6) is 0 Å². The highest BCUT2D eigenvalue weighted by atomic mass is 16.5. The molecule has 302 valence electrons. The van der Waals surface area contributed by atoms with Gasteiger partial charge in [0.15, 0.2) is 0 Å². The van der Waals surface area contributed by atoms with E-state index in [2.05, 4.69) is 19.2 Å². The number of nitrogens with one attached hydrogen (secondary N) is 1. The molecule has 51 heavy (non-hydrogen) atoms. The Morgan fingerprint density at radius 2 is 0.843 bits per heavy atom. The van der Waals surface area contributed by atoms with Crippen molar-refractivity contribution >= 4 is 17.8 Å². The van der Waals surface area contributed by atoms with Crippen molar-refractivity contribution in [2.75, 3.05) is 6.54 Å². The highest BCUT2D eigenvalue weighted by molar-refractivity contribution is 5.83. The number of aliphatic carboxylic acids is 1. The van der Waals surface area contributed by atoms with Crippen molar-refractivity contribution in [3.05, 3.63) is 0 Å². The molecule has 0 aromatic rings. The van der Waals surface area contributed by atoms with Gasteiger partial charge in [0.1, 0.15) is 12.1 Å². The minimum absolute atomic E-state index is 0.0184. The zero-order chi connectivity index (χ0) is 37.5. The van der Waals surface area contributed by atoms with Crippen LogP contribution in [0.4, 0.5) is 0 Å². The average molecular weight is 723 g/mol. The first-order chi connectivity index (χ1) is 24.9. The third kappa shape index (κ3) is 36.5. The molecule has 0 heterocycles. The molecular formula is C44H86N2O5. The van der Waals surface area contributed by atoms with E-state index in [1.54, 1.807) is 0 Å². The summed E-state index contributed by atoms with van der Waals surface area (Å²) in [6.07, 6.45) is 41.7. The second-order valence-corrected chi connectivity index (χ2v) is 15.5. The van der Waals surface area contributed by atoms with E-state index in [9.17, 15) is 19.5 Å². The van der Waals surface area contributed by atoms with Crippen molar-refractivity contribution in [3.63, 3.8) is 0 Å². The van der Waals surface area contributed by atoms with Gasteiger partial charge in [0.2, 0.25) is 5.91 Å². The van der Waals surface area contributed by atoms with Gasteiger partial charge >= 0.3 is 11.9 Å². The first-order valence-electron chi connectivity index (χ1n) is 22.4. The highest BCUT2D eigenvalue weighted by Gasteiger charge is 2.19. The molecule has 0 aromatic carbocycles. The Morgan fingerprint density at radius 1 is 0.490 bits per heavy atom. The highest BCUT2D eigenvalue weighted by Crippen LogP contribution is 2.19. The Morgan fingerprint density at radius 3 is 1.22 bits per heavy atom. The molecule has 0 fully saturated rings. The van der Waals surface area contributed by atoms with E-state index in [0.29, 0.717) is 32.2 Å². The number of nitrogens with two attached hydrogens (primary N) is 1. The van der Waals surface area contributed by atoms with Crippen LogP contribution in [0.1, 0.15) is 245 Å². The minimum Gasteiger partial charge on any atom is -0.480 e. The third-order valence-electron chi connectivity index (χ3n) is 10.4. The van der Waals surface area contributed by atoms with Crippen LogP contribution in [0.15, 0.2) is 0 Å². The number of rotatable bonds is 41. The van der Waals surface area contributed by atoms with Gasteiger partial charge in [-0.3, -0.25) is 9.59 Å². The van der Waals surface area contributed by atoms with Crippen molar-refractivity contribution in [1.82, 2.24) is 5.32 Å². The van der Waals surface area contributed by atoms with Gasteiger partial charge in [-0.05, 0) is 57.9 Å². The largest absolute Gasteiger partial charge is 0.480 e. The molecule has 0 spiro atoms. The van der Waals surface area contributed by atoms with E-state index in [-0.39, 0.29) is 18.0 Å². The zero-order valence-electron chi connectivity index (χ0n) is 34.0. The normalized spacial score (nSPS) is 12.5. The summed E-state index contributed by atoms with van der Waals surface area (Å²) in [5.41, 5.74) is 5.48. The van der Waals surface area contributed by atoms with E-state index in [1.165, 1.54) is 141 Å². The molecule has 0 aliphatic carbocycles. The fraction of sp³-hybridized carbons (Fsp3) is 0.932. The summed E-state index contributed by atoms with van der Waals surface area (Å²) in [4.78, 5) is 36.2. The summed E-state index contributed by atoms with van der Waals surface area (Å²) in [5, 5.41) is 11.9. The molecule has 0 aliphatic heterocycles. The van der Waals surface area contributed by atoms with Crippen LogP contribution in [0.3, 0.4) is 0 Å². The zero-order valence-corrected chi connectivity index (χ0v) is 34.0. The maximum absolute atomic E-state index is 12.7. The molecular weight excluding hydrogens is 636 g/mol. The van der Waals surface area contributed by atoms with Gasteiger partial charge in [-0.15, -0.1) is 0 Å². The predicted octanol–water partition coefficient (Wildman–Crippen LogP) is 12.5. The monoisotopic (exact) mass is 723 g/mol. The standard InChI is InChI=1S/C44H86N2O5/c1-3-5-7-9-11-12-13-14-15-16-17-18-19-20-21-22-23-28-32-38-43(48)51-40(34-29-25-10-8-6-4-2)35-30-26-24-27-31-37-42(47)46-41(44(49)50)36-33-39-45/h40-41H,3-39,45H2,1-2H3,(H,46,47)(H,49,50). The lowest BCUT2D eigenvalue weighted by molar-refractivity contribution is -0.150. The molecule has 7 nitrogen and oxygen atoms in total. The molecule has 0 saturated heterocycles. The summed E-state index contributed by atoms with van der Waals surface area (Å²) in [6, 6.07) is -0.851. The SMILES string of the molecule is CCCCCCCCCCCCCCCCCCCCCC(=O)OC(CCCCCCCC)CCCCCCCC(=O)NC(CCCN)C(=O)O. The maximum atomic E-state index is 12.7. The molecule has 0 aromatic heterocycles. The fourth-order valence-electron chi connectivity index (χ4n) is 7.04. The van der Waals surface area contributed by atoms with Crippen molar-refractivity contribution in [3.8, 4) is 0 Å². The molecule has 0 rings (SSSR count). The van der Waals surface area contributed by atoms with Gasteiger partial charge in [0, 0.05) is 12.8 Å². The van der Waals surface area contributed by atoms with E-state index in [0.717, 1.165) is 64.2 Å². The van der Waals surface area contributed by atoms with Crippen molar-refractivity contribution in [2.45, 2.75) is 257 Å². The average Bonchev–Trinajstić information content (AvgIpc) is 3.11. The second-order valence-electron chi connectivity index (χ2n) is 15.5. The lowest BCUT2D eigenvalue weighted by atomic mass is 10.0. The third-order valence-corrected chi connectivity index (χ3v) is 10.4. The molecule has 0 radical (unpaired) electrons. The molecule has 2 unspecified atom stereocenters. The number of carboxylic acids is 1. The topological polar surface area (TPSA) is 119 Å². The molecule has 2 atom stereocenters. The Kier molecular flexibility index (Phi) is 38.3. The molecule has 1 amide bonds. The molecule has 0 saturated carbocycles. The smallest absolute Gasteiger partial charge is 0.326 e. The van der Waals surface area contributed by atoms with E-state index in [4.69, 9.17) is 10.5 Å². The van der Waals surface area contributed by atoms with Gasteiger partial charge < -0.3 is 20.9 Å². The Hall–Kier alpha value is -1.63. The van der Waals surface area contributed by atoms with Crippen LogP contribution >= 0.6 is 0 Å². The second kappa shape index (κ2) is 39.6. The van der Waals surface area contributed by atoms with Crippen LogP contribution in [-0.4, -0.2) is 41.6 Å². The number of carbonyl (C=O) groups excluding carboxylic acids is 2. The van der Waals surface area contributed by atoms with E-state index < -0.39 is 12.0 Å². The molecule has 4 N–H and O–H groups in total. The summed E-state index contributed by atoms with van der Waals surface area (Å²) in [5.74, 6) is -1.22. The number of hydrogen-bond donors (Lipinski definition) is 3. The van der Waals surface area contributed by atoms with Crippen molar-refractivity contribution in [2.24, 2.45) is 5.73 Å². The van der Waals surface area contributed by atoms with Crippen LogP contribution in [0, 0.1) is 0 Å². The van der Waals surface area contributed by atoms with Crippen molar-refractivity contribution in [1.29, 1.82) is 0 Å². The summed E-state index contributed by atoms with van der Waals surface area (Å²) in [6.45, 7) is 4.94. The number of hydrogen-bond acceptors (Lipinski definition) is 5. The lowest BCUT2D eigenvalue weighted by Crippen LogP contribution is -2.40. The Labute approximate surface area is 316 Å². The van der Waals surface area contributed by atoms with Crippen LogP contribution < -0.4 is 11.1 Å². The number of unbranched alkanes of at least 4 members (excludes halogenated alkanes) is 27. The first kappa shape index (κ1) is 49.4. The maximum Gasteiger partial charge on any atom is 0.326 e. The van der Waals surface area contributed by atoms with E-state index >= 15 is 0 Å². The number of amides is 1. The van der Waals surface area contributed by atoms with Gasteiger partial charge in [-0.1, -0.05) is 181 Å². The van der Waals surface area contributed by atoms with Crippen LogP contribution in [0.25, 0.3) is 0 Å². The van der Waals surface area contributed by atoms with Gasteiger partial charge in [0.25, 0.3) is 0 Å². The minimum atomic E-state index is -1.00. The van der Waals surface area contributed by atoms with Crippen molar-refractivity contribution < 1.29 is 24.2 Å². The molecule has 0 aliphatic rings. The van der Waals surface area contributed by atoms with Crippen LogP contribution in [-0.2, 0) is 19.1 Å². The quantitative estimate of drug-likeness (QED) is 0.0427. The van der Waals surface area contributed by atoms with E-state index in [1.807, 2.05) is 0 Å². The van der Waals surface area contributed by atoms with Gasteiger partial charge in [-0.2, -0.15) is 0 Å². The fourth-order valence-corrected chi connectivity index (χ4v) is 7.04. The molecule has 7 heteroatoms. The number of ether oxygens (including phenoxy) is 1. The first-order valence-corrected chi connectivity index (χ1v) is 22.4. The summed E-state index contributed by atoms with van der Waals surface area (Å²) in [7, 11) is 0. The number of carbonyl (C=O) groups is 3.